The molecule has 1 rings (SSSR count). The predicted molar refractivity (Wildman–Crippen MR) is 69.9 cm³/mol. The van der Waals surface area contributed by atoms with E-state index in [0.29, 0.717) is 19.5 Å². The minimum Gasteiger partial charge on any atom is -0.216 e. The predicted octanol–water partition coefficient (Wildman–Crippen LogP) is -0.940. The maximum atomic E-state index is 11.8. The van der Waals surface area contributed by atoms with E-state index < -0.39 is 20.2 Å². The van der Waals surface area contributed by atoms with E-state index in [9.17, 15) is 16.8 Å². The zero-order valence-corrected chi connectivity index (χ0v) is 12.3. The van der Waals surface area contributed by atoms with Crippen LogP contribution >= 0.6 is 11.6 Å². The fourth-order valence-electron chi connectivity index (χ4n) is 1.91. The molecule has 0 aliphatic carbocycles. The number of nitrogens with one attached hydrogen (secondary N) is 1. The number of alkyl halides is 1. The first-order chi connectivity index (χ1) is 8.24. The van der Waals surface area contributed by atoms with E-state index in [1.807, 2.05) is 0 Å². The molecular weight excluding hydrogens is 302 g/mol. The first kappa shape index (κ1) is 16.1. The van der Waals surface area contributed by atoms with Gasteiger partial charge in [0.2, 0.25) is 10.0 Å². The normalized spacial score (nSPS) is 23.1. The van der Waals surface area contributed by atoms with Crippen LogP contribution in [0, 0.1) is 5.92 Å². The lowest BCUT2D eigenvalue weighted by Crippen LogP contribution is -2.45. The van der Waals surface area contributed by atoms with Gasteiger partial charge in [-0.25, -0.2) is 22.6 Å². The molecule has 0 amide bonds. The van der Waals surface area contributed by atoms with Crippen molar-refractivity contribution in [2.75, 3.05) is 31.3 Å². The summed E-state index contributed by atoms with van der Waals surface area (Å²) in [5.41, 5.74) is 0. The Hall–Kier alpha value is 0.0700. The van der Waals surface area contributed by atoms with Crippen molar-refractivity contribution in [2.45, 2.75) is 12.8 Å². The van der Waals surface area contributed by atoms with Crippen molar-refractivity contribution in [1.82, 2.24) is 9.03 Å². The smallest absolute Gasteiger partial charge is 0.216 e. The summed E-state index contributed by atoms with van der Waals surface area (Å²) >= 11 is 5.45. The molecule has 7 nitrogen and oxygen atoms in total. The van der Waals surface area contributed by atoms with E-state index in [0.717, 1.165) is 6.42 Å². The lowest BCUT2D eigenvalue weighted by Gasteiger charge is -2.31. The van der Waals surface area contributed by atoms with Gasteiger partial charge in [-0.2, -0.15) is 8.42 Å². The molecule has 1 fully saturated rings. The van der Waals surface area contributed by atoms with Gasteiger partial charge in [0.25, 0.3) is 10.2 Å². The quantitative estimate of drug-likeness (QED) is 0.616. The highest BCUT2D eigenvalue weighted by molar-refractivity contribution is 7.89. The standard InChI is InChI=1S/C8H18ClN3O4S2/c9-3-5-17(13,14)12-4-1-2-8(7-12)6-11-18(10,15)16/h8,11H,1-7H2,(H2,10,15,16). The van der Waals surface area contributed by atoms with Crippen LogP contribution < -0.4 is 9.86 Å². The summed E-state index contributed by atoms with van der Waals surface area (Å²) < 4.78 is 48.7. The highest BCUT2D eigenvalue weighted by atomic mass is 35.5. The Morgan fingerprint density at radius 3 is 2.56 bits per heavy atom. The second-order valence-electron chi connectivity index (χ2n) is 4.26. The van der Waals surface area contributed by atoms with Gasteiger partial charge in [0.15, 0.2) is 0 Å². The second kappa shape index (κ2) is 6.49. The number of hydrogen-bond donors (Lipinski definition) is 2. The van der Waals surface area contributed by atoms with Crippen LogP contribution in [-0.4, -0.2) is 52.4 Å². The molecule has 18 heavy (non-hydrogen) atoms. The Balaban J connectivity index is 2.56. The van der Waals surface area contributed by atoms with E-state index in [1.54, 1.807) is 0 Å². The van der Waals surface area contributed by atoms with Crippen LogP contribution in [0.4, 0.5) is 0 Å². The summed E-state index contributed by atoms with van der Waals surface area (Å²) in [5, 5.41) is 4.83. The zero-order chi connectivity index (χ0) is 13.8. The van der Waals surface area contributed by atoms with Gasteiger partial charge >= 0.3 is 0 Å². The SMILES string of the molecule is NS(=O)(=O)NCC1CCCN(S(=O)(=O)CCCl)C1. The molecule has 1 heterocycles. The first-order valence-electron chi connectivity index (χ1n) is 5.56. The van der Waals surface area contributed by atoms with E-state index in [-0.39, 0.29) is 24.1 Å². The molecule has 0 aromatic heterocycles. The Kier molecular flexibility index (Phi) is 5.81. The third-order valence-electron chi connectivity index (χ3n) is 2.78. The third-order valence-corrected chi connectivity index (χ3v) is 5.60. The van der Waals surface area contributed by atoms with Crippen LogP contribution in [0.15, 0.2) is 0 Å². The molecule has 10 heteroatoms. The number of sulfonamides is 1. The molecule has 0 bridgehead atoms. The number of nitrogens with two attached hydrogens (primary N) is 1. The molecule has 108 valence electrons. The van der Waals surface area contributed by atoms with Crippen LogP contribution in [0.2, 0.25) is 0 Å². The summed E-state index contributed by atoms with van der Waals surface area (Å²) in [6.45, 7) is 0.929. The number of rotatable bonds is 6. The summed E-state index contributed by atoms with van der Waals surface area (Å²) in [4.78, 5) is 0. The van der Waals surface area contributed by atoms with E-state index >= 15 is 0 Å². The number of piperidine rings is 1. The van der Waals surface area contributed by atoms with Crippen LogP contribution in [0.5, 0.6) is 0 Å². The molecule has 0 aromatic rings. The summed E-state index contributed by atoms with van der Waals surface area (Å²) in [7, 11) is -7.05. The van der Waals surface area contributed by atoms with E-state index in [4.69, 9.17) is 16.7 Å². The topological polar surface area (TPSA) is 110 Å². The van der Waals surface area contributed by atoms with Crippen molar-refractivity contribution in [3.63, 3.8) is 0 Å². The number of halogens is 1. The van der Waals surface area contributed by atoms with Gasteiger partial charge in [-0.3, -0.25) is 0 Å². The molecule has 1 unspecified atom stereocenters. The van der Waals surface area contributed by atoms with Gasteiger partial charge < -0.3 is 0 Å². The summed E-state index contributed by atoms with van der Waals surface area (Å²) in [5.74, 6) is -0.0924. The van der Waals surface area contributed by atoms with Crippen LogP contribution in [-0.2, 0) is 20.2 Å². The number of nitrogens with zero attached hydrogens (tertiary/aromatic N) is 1. The molecule has 1 atom stereocenters. The van der Waals surface area contributed by atoms with Crippen LogP contribution in [0.3, 0.4) is 0 Å². The average Bonchev–Trinajstić information content (AvgIpc) is 2.26. The second-order valence-corrected chi connectivity index (χ2v) is 8.11. The van der Waals surface area contributed by atoms with Crippen molar-refractivity contribution in [2.24, 2.45) is 11.1 Å². The fraction of sp³-hybridized carbons (Fsp3) is 1.00. The highest BCUT2D eigenvalue weighted by Gasteiger charge is 2.28. The van der Waals surface area contributed by atoms with Gasteiger partial charge in [-0.15, -0.1) is 11.6 Å². The molecule has 3 N–H and O–H groups in total. The van der Waals surface area contributed by atoms with Crippen LogP contribution in [0.1, 0.15) is 12.8 Å². The van der Waals surface area contributed by atoms with Crippen molar-refractivity contribution >= 4 is 31.8 Å². The Morgan fingerprint density at radius 2 is 2.00 bits per heavy atom. The zero-order valence-electron chi connectivity index (χ0n) is 9.88. The molecule has 0 spiro atoms. The summed E-state index contributed by atoms with van der Waals surface area (Å²) in [6, 6.07) is 0. The van der Waals surface area contributed by atoms with E-state index in [1.165, 1.54) is 4.31 Å². The van der Waals surface area contributed by atoms with Crippen molar-refractivity contribution < 1.29 is 16.8 Å². The Labute approximate surface area is 113 Å². The van der Waals surface area contributed by atoms with Crippen molar-refractivity contribution in [3.8, 4) is 0 Å². The average molecular weight is 320 g/mol. The molecule has 0 radical (unpaired) electrons. The largest absolute Gasteiger partial charge is 0.274 e. The van der Waals surface area contributed by atoms with Crippen molar-refractivity contribution in [1.29, 1.82) is 0 Å². The highest BCUT2D eigenvalue weighted by Crippen LogP contribution is 2.19. The molecule has 1 aliphatic rings. The van der Waals surface area contributed by atoms with E-state index in [2.05, 4.69) is 4.72 Å². The Bertz CT molecular complexity index is 465. The third kappa shape index (κ3) is 5.37. The maximum absolute atomic E-state index is 11.8. The fourth-order valence-corrected chi connectivity index (χ4v) is 4.26. The first-order valence-corrected chi connectivity index (χ1v) is 9.25. The lowest BCUT2D eigenvalue weighted by atomic mass is 10.0. The molecule has 0 aromatic carbocycles. The van der Waals surface area contributed by atoms with Crippen molar-refractivity contribution in [3.05, 3.63) is 0 Å². The summed E-state index contributed by atoms with van der Waals surface area (Å²) in [6.07, 6.45) is 1.48. The lowest BCUT2D eigenvalue weighted by molar-refractivity contribution is 0.267. The van der Waals surface area contributed by atoms with Gasteiger partial charge in [0.1, 0.15) is 0 Å². The van der Waals surface area contributed by atoms with Gasteiger partial charge in [0.05, 0.1) is 5.75 Å². The maximum Gasteiger partial charge on any atom is 0.274 e. The minimum absolute atomic E-state index is 0.0535. The Morgan fingerprint density at radius 1 is 1.33 bits per heavy atom. The van der Waals surface area contributed by atoms with Gasteiger partial charge in [-0.05, 0) is 18.8 Å². The van der Waals surface area contributed by atoms with Gasteiger partial charge in [0, 0.05) is 25.5 Å². The molecular formula is C8H18ClN3O4S2. The monoisotopic (exact) mass is 319 g/mol. The van der Waals surface area contributed by atoms with Gasteiger partial charge in [-0.1, -0.05) is 0 Å². The number of hydrogen-bond acceptors (Lipinski definition) is 4. The molecule has 1 saturated heterocycles. The molecule has 1 aliphatic heterocycles. The molecule has 0 saturated carbocycles. The van der Waals surface area contributed by atoms with Crippen LogP contribution in [0.25, 0.3) is 0 Å². The minimum atomic E-state index is -3.73.